The molecule has 0 aromatic heterocycles. The quantitative estimate of drug-likeness (QED) is 0.623. The molecule has 1 atom stereocenters. The minimum Gasteiger partial charge on any atom is -0.376 e. The normalized spacial score (nSPS) is 23.3. The molecule has 2 rings (SSSR count). The molecule has 6 nitrogen and oxygen atoms in total. The van der Waals surface area contributed by atoms with Gasteiger partial charge in [0.1, 0.15) is 6.54 Å². The van der Waals surface area contributed by atoms with Crippen LogP contribution in [0.5, 0.6) is 0 Å². The molecule has 0 saturated carbocycles. The summed E-state index contributed by atoms with van der Waals surface area (Å²) in [7, 11) is 3.53. The maximum atomic E-state index is 11.8. The summed E-state index contributed by atoms with van der Waals surface area (Å²) in [5, 5.41) is 3.43. The average molecular weight is 310 g/mol. The molecule has 2 aliphatic heterocycles. The lowest BCUT2D eigenvalue weighted by Gasteiger charge is -2.32. The van der Waals surface area contributed by atoms with E-state index in [4.69, 9.17) is 4.74 Å². The number of nitrogens with one attached hydrogen (secondary N) is 1. The van der Waals surface area contributed by atoms with Gasteiger partial charge in [-0.3, -0.25) is 4.79 Å². The van der Waals surface area contributed by atoms with Crippen molar-refractivity contribution in [3.63, 3.8) is 0 Å². The summed E-state index contributed by atoms with van der Waals surface area (Å²) in [5.74, 6) is 0.897. The molecular weight excluding hydrogens is 280 g/mol. The lowest BCUT2D eigenvalue weighted by atomic mass is 10.1. The Morgan fingerprint density at radius 1 is 1.23 bits per heavy atom. The SMILES string of the molecule is CN(C)C(=O)CN=C(NCC1CCCCO1)N1CCCCC1. The zero-order valence-corrected chi connectivity index (χ0v) is 14.0. The zero-order chi connectivity index (χ0) is 15.8. The third kappa shape index (κ3) is 5.48. The molecule has 0 aliphatic carbocycles. The summed E-state index contributed by atoms with van der Waals surface area (Å²) in [6.07, 6.45) is 7.46. The second kappa shape index (κ2) is 8.98. The largest absolute Gasteiger partial charge is 0.376 e. The molecule has 2 aliphatic rings. The van der Waals surface area contributed by atoms with Gasteiger partial charge in [0.2, 0.25) is 5.91 Å². The number of carbonyl (C=O) groups is 1. The van der Waals surface area contributed by atoms with E-state index in [0.29, 0.717) is 0 Å². The predicted octanol–water partition coefficient (Wildman–Crippen LogP) is 1.08. The molecular formula is C16H30N4O2. The van der Waals surface area contributed by atoms with Crippen LogP contribution in [-0.2, 0) is 9.53 Å². The Balaban J connectivity index is 1.90. The van der Waals surface area contributed by atoms with Gasteiger partial charge in [-0.25, -0.2) is 4.99 Å². The number of piperidine rings is 1. The Hall–Kier alpha value is -1.30. The van der Waals surface area contributed by atoms with Crippen molar-refractivity contribution in [2.75, 3.05) is 46.9 Å². The van der Waals surface area contributed by atoms with Crippen LogP contribution in [0.1, 0.15) is 38.5 Å². The lowest BCUT2D eigenvalue weighted by Crippen LogP contribution is -2.47. The van der Waals surface area contributed by atoms with Gasteiger partial charge in [-0.15, -0.1) is 0 Å². The summed E-state index contributed by atoms with van der Waals surface area (Å²) in [6, 6.07) is 0. The second-order valence-corrected chi connectivity index (χ2v) is 6.35. The lowest BCUT2D eigenvalue weighted by molar-refractivity contribution is -0.127. The highest BCUT2D eigenvalue weighted by atomic mass is 16.5. The number of amides is 1. The first-order valence-corrected chi connectivity index (χ1v) is 8.52. The minimum absolute atomic E-state index is 0.0326. The number of ether oxygens (including phenoxy) is 1. The summed E-state index contributed by atoms with van der Waals surface area (Å²) >= 11 is 0. The van der Waals surface area contributed by atoms with Crippen molar-refractivity contribution in [2.45, 2.75) is 44.6 Å². The van der Waals surface area contributed by atoms with E-state index in [9.17, 15) is 4.79 Å². The molecule has 1 N–H and O–H groups in total. The van der Waals surface area contributed by atoms with Crippen LogP contribution in [0.25, 0.3) is 0 Å². The van der Waals surface area contributed by atoms with Gasteiger partial charge in [-0.1, -0.05) is 0 Å². The predicted molar refractivity (Wildman–Crippen MR) is 88.0 cm³/mol. The maximum absolute atomic E-state index is 11.8. The van der Waals surface area contributed by atoms with E-state index in [0.717, 1.165) is 38.6 Å². The Morgan fingerprint density at radius 3 is 2.64 bits per heavy atom. The zero-order valence-electron chi connectivity index (χ0n) is 14.0. The molecule has 126 valence electrons. The molecule has 2 heterocycles. The van der Waals surface area contributed by atoms with Crippen LogP contribution >= 0.6 is 0 Å². The summed E-state index contributed by atoms with van der Waals surface area (Å²) < 4.78 is 5.77. The van der Waals surface area contributed by atoms with Gasteiger partial charge in [0.15, 0.2) is 5.96 Å². The average Bonchev–Trinajstić information content (AvgIpc) is 2.56. The van der Waals surface area contributed by atoms with Gasteiger partial charge in [-0.2, -0.15) is 0 Å². The van der Waals surface area contributed by atoms with E-state index in [1.165, 1.54) is 32.1 Å². The number of hydrogen-bond acceptors (Lipinski definition) is 3. The van der Waals surface area contributed by atoms with Crippen LogP contribution in [0.15, 0.2) is 4.99 Å². The van der Waals surface area contributed by atoms with Crippen LogP contribution < -0.4 is 5.32 Å². The molecule has 2 saturated heterocycles. The van der Waals surface area contributed by atoms with Crippen LogP contribution in [-0.4, -0.2) is 74.7 Å². The molecule has 6 heteroatoms. The van der Waals surface area contributed by atoms with Crippen molar-refractivity contribution in [2.24, 2.45) is 4.99 Å². The molecule has 22 heavy (non-hydrogen) atoms. The van der Waals surface area contributed by atoms with Crippen molar-refractivity contribution in [1.29, 1.82) is 0 Å². The van der Waals surface area contributed by atoms with E-state index >= 15 is 0 Å². The molecule has 0 radical (unpaired) electrons. The molecule has 0 spiro atoms. The highest BCUT2D eigenvalue weighted by molar-refractivity contribution is 5.84. The van der Waals surface area contributed by atoms with E-state index < -0.39 is 0 Å². The smallest absolute Gasteiger partial charge is 0.243 e. The van der Waals surface area contributed by atoms with Gasteiger partial charge in [-0.05, 0) is 38.5 Å². The fourth-order valence-electron chi connectivity index (χ4n) is 2.83. The molecule has 0 aromatic carbocycles. The van der Waals surface area contributed by atoms with Crippen molar-refractivity contribution < 1.29 is 9.53 Å². The number of likely N-dealkylation sites (N-methyl/N-ethyl adjacent to an activating group) is 1. The monoisotopic (exact) mass is 310 g/mol. The fraction of sp³-hybridized carbons (Fsp3) is 0.875. The highest BCUT2D eigenvalue weighted by Gasteiger charge is 2.18. The van der Waals surface area contributed by atoms with Crippen LogP contribution in [0, 0.1) is 0 Å². The molecule has 1 unspecified atom stereocenters. The van der Waals surface area contributed by atoms with Crippen molar-refractivity contribution in [3.8, 4) is 0 Å². The number of rotatable bonds is 4. The Labute approximate surface area is 133 Å². The van der Waals surface area contributed by atoms with Crippen LogP contribution in [0.2, 0.25) is 0 Å². The standard InChI is InChI=1S/C16H30N4O2/c1-19(2)15(21)13-18-16(20-9-5-3-6-10-20)17-12-14-8-4-7-11-22-14/h14H,3-13H2,1-2H3,(H,17,18). The Morgan fingerprint density at radius 2 is 2.00 bits per heavy atom. The Kier molecular flexibility index (Phi) is 6.96. The third-order valence-corrected chi connectivity index (χ3v) is 4.28. The van der Waals surface area contributed by atoms with Gasteiger partial charge in [0, 0.05) is 40.3 Å². The number of likely N-dealkylation sites (tertiary alicyclic amines) is 1. The number of carbonyl (C=O) groups excluding carboxylic acids is 1. The maximum Gasteiger partial charge on any atom is 0.243 e. The number of nitrogens with zero attached hydrogens (tertiary/aromatic N) is 3. The first-order chi connectivity index (χ1) is 10.7. The minimum atomic E-state index is 0.0326. The molecule has 0 aromatic rings. The van der Waals surface area contributed by atoms with Crippen molar-refractivity contribution in [3.05, 3.63) is 0 Å². The topological polar surface area (TPSA) is 57.2 Å². The summed E-state index contributed by atoms with van der Waals surface area (Å²) in [4.78, 5) is 20.2. The first kappa shape index (κ1) is 17.1. The van der Waals surface area contributed by atoms with Gasteiger partial charge >= 0.3 is 0 Å². The molecule has 2 fully saturated rings. The summed E-state index contributed by atoms with van der Waals surface area (Å²) in [5.41, 5.74) is 0. The van der Waals surface area contributed by atoms with E-state index in [2.05, 4.69) is 15.2 Å². The number of guanidine groups is 1. The van der Waals surface area contributed by atoms with E-state index in [1.807, 2.05) is 0 Å². The molecule has 0 bridgehead atoms. The van der Waals surface area contributed by atoms with Crippen molar-refractivity contribution >= 4 is 11.9 Å². The van der Waals surface area contributed by atoms with Gasteiger partial charge < -0.3 is 19.9 Å². The summed E-state index contributed by atoms with van der Waals surface area (Å²) in [6.45, 7) is 3.89. The number of aliphatic imine (C=N–C) groups is 1. The van der Waals surface area contributed by atoms with Crippen LogP contribution in [0.3, 0.4) is 0 Å². The highest BCUT2D eigenvalue weighted by Crippen LogP contribution is 2.12. The fourth-order valence-corrected chi connectivity index (χ4v) is 2.83. The Bertz CT molecular complexity index is 372. The third-order valence-electron chi connectivity index (χ3n) is 4.28. The van der Waals surface area contributed by atoms with Gasteiger partial charge in [0.25, 0.3) is 0 Å². The van der Waals surface area contributed by atoms with E-state index in [1.54, 1.807) is 19.0 Å². The van der Waals surface area contributed by atoms with Crippen LogP contribution in [0.4, 0.5) is 0 Å². The number of hydrogen-bond donors (Lipinski definition) is 1. The second-order valence-electron chi connectivity index (χ2n) is 6.35. The first-order valence-electron chi connectivity index (χ1n) is 8.52. The molecule has 1 amide bonds. The van der Waals surface area contributed by atoms with Crippen molar-refractivity contribution in [1.82, 2.24) is 15.1 Å². The van der Waals surface area contributed by atoms with Gasteiger partial charge in [0.05, 0.1) is 6.10 Å². The van der Waals surface area contributed by atoms with E-state index in [-0.39, 0.29) is 18.6 Å².